The van der Waals surface area contributed by atoms with Gasteiger partial charge in [0.05, 0.1) is 72.6 Å². The molecule has 19 atom stereocenters. The van der Waals surface area contributed by atoms with Crippen molar-refractivity contribution in [2.75, 3.05) is 13.7 Å². The van der Waals surface area contributed by atoms with E-state index in [0.717, 1.165) is 51.4 Å². The van der Waals surface area contributed by atoms with Crippen LogP contribution in [-0.2, 0) is 38.0 Å². The summed E-state index contributed by atoms with van der Waals surface area (Å²) in [5, 5.41) is 30.7. The second kappa shape index (κ2) is 14.6. The Balaban J connectivity index is 1.13. The molecule has 6 heterocycles. The first-order valence-corrected chi connectivity index (χ1v) is 20.0. The molecule has 0 amide bonds. The number of ether oxygens (including phenoxy) is 7. The zero-order valence-electron chi connectivity index (χ0n) is 32.8. The first-order chi connectivity index (χ1) is 23.9. The number of hydrogen-bond donors (Lipinski definition) is 3. The van der Waals surface area contributed by atoms with Gasteiger partial charge >= 0.3 is 5.97 Å². The van der Waals surface area contributed by atoms with Gasteiger partial charge in [0.2, 0.25) is 0 Å². The summed E-state index contributed by atoms with van der Waals surface area (Å²) in [4.78, 5) is 11.8. The maximum atomic E-state index is 11.8. The van der Waals surface area contributed by atoms with Crippen molar-refractivity contribution in [2.45, 2.75) is 192 Å². The smallest absolute Gasteiger partial charge is 0.308 e. The summed E-state index contributed by atoms with van der Waals surface area (Å²) < 4.78 is 47.0. The summed E-state index contributed by atoms with van der Waals surface area (Å²) >= 11 is 0. The Morgan fingerprint density at radius 2 is 1.59 bits per heavy atom. The van der Waals surface area contributed by atoms with Gasteiger partial charge in [-0.15, -0.1) is 0 Å². The van der Waals surface area contributed by atoms with Gasteiger partial charge in [-0.05, 0) is 83.5 Å². The first-order valence-electron chi connectivity index (χ1n) is 20.0. The minimum absolute atomic E-state index is 0.00727. The van der Waals surface area contributed by atoms with Crippen LogP contribution in [0.3, 0.4) is 0 Å². The van der Waals surface area contributed by atoms with Gasteiger partial charge in [-0.2, -0.15) is 0 Å². The fourth-order valence-corrected chi connectivity index (χ4v) is 11.3. The van der Waals surface area contributed by atoms with Crippen molar-refractivity contribution in [3.63, 3.8) is 0 Å². The second-order valence-electron chi connectivity index (χ2n) is 18.4. The SMILES string of the molecule is COC1CC(CC2CCC(C)C(C(C)C(=O)O)O2)O[C@]2(O[C@](C)(C3CC[C@@](C)(C4OC(C5O[C@@](O)(CO)C(C)CC5C)CC4C)O3)CC2C)C1C. The Morgan fingerprint density at radius 1 is 0.863 bits per heavy atom. The van der Waals surface area contributed by atoms with Gasteiger partial charge in [-0.25, -0.2) is 0 Å². The summed E-state index contributed by atoms with van der Waals surface area (Å²) in [7, 11) is 1.77. The predicted octanol–water partition coefficient (Wildman–Crippen LogP) is 5.71. The lowest BCUT2D eigenvalue weighted by Crippen LogP contribution is -2.58. The van der Waals surface area contributed by atoms with E-state index >= 15 is 0 Å². The van der Waals surface area contributed by atoms with Crippen molar-refractivity contribution < 1.29 is 53.3 Å². The van der Waals surface area contributed by atoms with Crippen molar-refractivity contribution in [2.24, 2.45) is 41.4 Å². The Bertz CT molecular complexity index is 1230. The highest BCUT2D eigenvalue weighted by Gasteiger charge is 2.65. The van der Waals surface area contributed by atoms with E-state index in [-0.39, 0.29) is 84.3 Å². The number of aliphatic hydroxyl groups is 2. The molecule has 0 aromatic heterocycles. The van der Waals surface area contributed by atoms with E-state index < -0.39 is 41.3 Å². The number of aliphatic carboxylic acids is 1. The molecule has 0 saturated carbocycles. The van der Waals surface area contributed by atoms with Crippen LogP contribution >= 0.6 is 0 Å². The monoisotopic (exact) mass is 724 g/mol. The van der Waals surface area contributed by atoms with Crippen LogP contribution in [0.15, 0.2) is 0 Å². The lowest BCUT2D eigenvalue weighted by atomic mass is 9.78. The summed E-state index contributed by atoms with van der Waals surface area (Å²) in [5.74, 6) is -3.26. The van der Waals surface area contributed by atoms with Gasteiger partial charge in [0.15, 0.2) is 11.6 Å². The highest BCUT2D eigenvalue weighted by atomic mass is 16.7. The molecule has 1 spiro atoms. The summed E-state index contributed by atoms with van der Waals surface area (Å²) in [6.45, 7) is 18.4. The Kier molecular flexibility index (Phi) is 11.4. The average Bonchev–Trinajstić information content (AvgIpc) is 3.75. The topological polar surface area (TPSA) is 142 Å². The van der Waals surface area contributed by atoms with Gasteiger partial charge in [0.1, 0.15) is 0 Å². The zero-order chi connectivity index (χ0) is 37.3. The maximum Gasteiger partial charge on any atom is 0.308 e. The fraction of sp³-hybridized carbons (Fsp3) is 0.975. The molecule has 51 heavy (non-hydrogen) atoms. The van der Waals surface area contributed by atoms with Gasteiger partial charge in [0, 0.05) is 37.7 Å². The van der Waals surface area contributed by atoms with Crippen LogP contribution < -0.4 is 0 Å². The molecule has 0 aromatic carbocycles. The van der Waals surface area contributed by atoms with Crippen LogP contribution in [0.4, 0.5) is 0 Å². The van der Waals surface area contributed by atoms with Gasteiger partial charge in [-0.3, -0.25) is 4.79 Å². The molecule has 0 radical (unpaired) electrons. The molecule has 11 heteroatoms. The number of aliphatic hydroxyl groups excluding tert-OH is 1. The third-order valence-electron chi connectivity index (χ3n) is 14.4. The molecule has 11 nitrogen and oxygen atoms in total. The number of carboxylic acid groups (broad SMARTS) is 1. The van der Waals surface area contributed by atoms with Crippen molar-refractivity contribution in [1.29, 1.82) is 0 Å². The quantitative estimate of drug-likeness (QED) is 0.269. The summed E-state index contributed by atoms with van der Waals surface area (Å²) in [6.07, 6.45) is 5.85. The van der Waals surface area contributed by atoms with E-state index in [4.69, 9.17) is 33.2 Å². The van der Waals surface area contributed by atoms with Crippen molar-refractivity contribution >= 4 is 5.97 Å². The van der Waals surface area contributed by atoms with Crippen LogP contribution in [0.1, 0.15) is 120 Å². The third-order valence-corrected chi connectivity index (χ3v) is 14.4. The number of carbonyl (C=O) groups is 1. The van der Waals surface area contributed by atoms with Gasteiger partial charge < -0.3 is 48.5 Å². The standard InChI is InChI=1S/C40H68O11/c1-21-11-12-28(46-33(21)26(6)36(42)43)17-29-18-30(45-10)27(7)40(48-29)25(5)19-38(9,51-40)32-13-14-37(8,49-32)35-23(3)16-31(47-35)34-22(2)15-24(4)39(44,20-41)50-34/h21-35,41,44H,11-20H2,1-10H3,(H,42,43)/t21?,22?,23?,24?,25?,26?,27?,28?,29?,30?,31?,32?,33?,34?,35?,37-,38-,39-,40+/m0/s1. The molecule has 15 unspecified atom stereocenters. The zero-order valence-corrected chi connectivity index (χ0v) is 32.8. The van der Waals surface area contributed by atoms with E-state index in [2.05, 4.69) is 48.5 Å². The largest absolute Gasteiger partial charge is 0.481 e. The van der Waals surface area contributed by atoms with Crippen molar-refractivity contribution in [3.8, 4) is 0 Å². The molecule has 3 N–H and O–H groups in total. The number of rotatable bonds is 9. The summed E-state index contributed by atoms with van der Waals surface area (Å²) in [6, 6.07) is 0. The number of methoxy groups -OCH3 is 1. The van der Waals surface area contributed by atoms with E-state index in [1.807, 2.05) is 6.92 Å². The molecule has 0 aliphatic carbocycles. The van der Waals surface area contributed by atoms with Crippen LogP contribution in [0.5, 0.6) is 0 Å². The molecule has 6 fully saturated rings. The third kappa shape index (κ3) is 7.19. The van der Waals surface area contributed by atoms with E-state index in [0.29, 0.717) is 6.42 Å². The van der Waals surface area contributed by atoms with Crippen molar-refractivity contribution in [1.82, 2.24) is 0 Å². The summed E-state index contributed by atoms with van der Waals surface area (Å²) in [5.41, 5.74) is -1.10. The van der Waals surface area contributed by atoms with Crippen LogP contribution in [0.2, 0.25) is 0 Å². The predicted molar refractivity (Wildman–Crippen MR) is 189 cm³/mol. The Hall–Kier alpha value is -0.890. The number of hydrogen-bond acceptors (Lipinski definition) is 10. The second-order valence-corrected chi connectivity index (χ2v) is 18.4. The fourth-order valence-electron chi connectivity index (χ4n) is 11.3. The lowest BCUT2D eigenvalue weighted by Gasteiger charge is -2.50. The molecular formula is C40H68O11. The maximum absolute atomic E-state index is 11.8. The lowest BCUT2D eigenvalue weighted by molar-refractivity contribution is -0.353. The minimum atomic E-state index is -1.55. The van der Waals surface area contributed by atoms with Gasteiger partial charge in [0.25, 0.3) is 0 Å². The van der Waals surface area contributed by atoms with Crippen LogP contribution in [-0.4, -0.2) is 107 Å². The normalized spacial score (nSPS) is 54.2. The van der Waals surface area contributed by atoms with Crippen molar-refractivity contribution in [3.05, 3.63) is 0 Å². The van der Waals surface area contributed by atoms with Gasteiger partial charge in [-0.1, -0.05) is 41.5 Å². The molecule has 0 aromatic rings. The highest BCUT2D eigenvalue weighted by Crippen LogP contribution is 2.57. The highest BCUT2D eigenvalue weighted by molar-refractivity contribution is 5.70. The molecule has 294 valence electrons. The first kappa shape index (κ1) is 39.8. The molecule has 6 rings (SSSR count). The van der Waals surface area contributed by atoms with E-state index in [1.54, 1.807) is 14.0 Å². The molecular weight excluding hydrogens is 656 g/mol. The van der Waals surface area contributed by atoms with Crippen LogP contribution in [0, 0.1) is 41.4 Å². The molecule has 6 saturated heterocycles. The molecule has 6 aliphatic heterocycles. The molecule has 6 aliphatic rings. The van der Waals surface area contributed by atoms with Crippen LogP contribution in [0.25, 0.3) is 0 Å². The molecule has 0 bridgehead atoms. The average molecular weight is 725 g/mol. The minimum Gasteiger partial charge on any atom is -0.481 e. The Morgan fingerprint density at radius 3 is 2.25 bits per heavy atom. The van der Waals surface area contributed by atoms with E-state index in [9.17, 15) is 20.1 Å². The Labute approximate surface area is 305 Å². The van der Waals surface area contributed by atoms with E-state index in [1.165, 1.54) is 0 Å². The number of carboxylic acids is 1.